The summed E-state index contributed by atoms with van der Waals surface area (Å²) in [6.07, 6.45) is 3.53. The number of benzene rings is 1. The van der Waals surface area contributed by atoms with Gasteiger partial charge in [0.15, 0.2) is 6.17 Å². The summed E-state index contributed by atoms with van der Waals surface area (Å²) in [4.78, 5) is 12.3. The zero-order valence-electron chi connectivity index (χ0n) is 19.2. The molecular weight excluding hydrogens is 504 g/mol. The number of ether oxygens (including phenoxy) is 2. The smallest absolute Gasteiger partial charge is 0.379 e. The highest BCUT2D eigenvalue weighted by molar-refractivity contribution is 6.33. The molecule has 4 atom stereocenters. The number of primary amides is 1. The summed E-state index contributed by atoms with van der Waals surface area (Å²) >= 11 is 6.33. The molecule has 6 nitrogen and oxygen atoms in total. The number of carbonyl (C=O) groups is 1. The van der Waals surface area contributed by atoms with Crippen molar-refractivity contribution >= 4 is 23.1 Å². The highest BCUT2D eigenvalue weighted by atomic mass is 35.5. The maximum atomic E-state index is 16.1. The quantitative estimate of drug-likeness (QED) is 0.467. The second-order valence-electron chi connectivity index (χ2n) is 9.20. The normalized spacial score (nSPS) is 29.4. The molecule has 2 aliphatic carbocycles. The molecule has 0 saturated heterocycles. The first-order valence-corrected chi connectivity index (χ1v) is 11.6. The first kappa shape index (κ1) is 26.4. The van der Waals surface area contributed by atoms with Crippen molar-refractivity contribution in [2.75, 3.05) is 13.2 Å². The molecule has 0 fully saturated rings. The SMILES string of the molecule is CC1(OC(F)(F)CO)C=CC(C(N)=O)=C(c2c(Cl)c(F)cc3c2C[C@@](CN)(C2C=CC=CC2)O3)C1F. The van der Waals surface area contributed by atoms with Crippen molar-refractivity contribution in [3.63, 3.8) is 0 Å². The maximum absolute atomic E-state index is 16.1. The molecule has 36 heavy (non-hydrogen) atoms. The van der Waals surface area contributed by atoms with E-state index in [0.717, 1.165) is 25.1 Å². The van der Waals surface area contributed by atoms with Crippen LogP contribution in [0.3, 0.4) is 0 Å². The molecule has 3 aliphatic rings. The Morgan fingerprint density at radius 1 is 1.39 bits per heavy atom. The third-order valence-electron chi connectivity index (χ3n) is 6.79. The molecule has 194 valence electrons. The number of rotatable bonds is 7. The zero-order valence-corrected chi connectivity index (χ0v) is 20.0. The first-order valence-electron chi connectivity index (χ1n) is 11.2. The van der Waals surface area contributed by atoms with E-state index in [1.807, 2.05) is 24.3 Å². The van der Waals surface area contributed by atoms with Gasteiger partial charge in [-0.25, -0.2) is 8.78 Å². The summed E-state index contributed by atoms with van der Waals surface area (Å²) in [7, 11) is 0. The number of fused-ring (bicyclic) bond motifs is 1. The number of amides is 1. The third-order valence-corrected chi connectivity index (χ3v) is 7.16. The number of allylic oxidation sites excluding steroid dienone is 3. The molecule has 5 N–H and O–H groups in total. The van der Waals surface area contributed by atoms with Crippen LogP contribution in [0.4, 0.5) is 17.6 Å². The lowest BCUT2D eigenvalue weighted by atomic mass is 9.76. The van der Waals surface area contributed by atoms with Crippen molar-refractivity contribution in [3.05, 3.63) is 70.1 Å². The van der Waals surface area contributed by atoms with Crippen LogP contribution in [0.2, 0.25) is 5.02 Å². The van der Waals surface area contributed by atoms with E-state index in [1.165, 1.54) is 0 Å². The van der Waals surface area contributed by atoms with Crippen LogP contribution in [0, 0.1) is 11.7 Å². The largest absolute Gasteiger partial charge is 0.485 e. The standard InChI is InChI=1S/C25H25ClF4N2O4/c1-23(36-25(29,30)12-33)8-7-14(22(32)34)19(21(23)28)18-15-10-24(11-31,13-5-3-2-4-6-13)35-17(15)9-16(27)20(18)26/h2-5,7-9,13,21,33H,6,10-12,31H2,1H3,(H2,32,34)/t13?,21?,23?,24-/m1/s1. The first-order chi connectivity index (χ1) is 16.9. The predicted molar refractivity (Wildman–Crippen MR) is 126 cm³/mol. The minimum absolute atomic E-state index is 0.0213. The van der Waals surface area contributed by atoms with Crippen molar-refractivity contribution in [2.45, 2.75) is 43.2 Å². The second kappa shape index (κ2) is 9.33. The van der Waals surface area contributed by atoms with Gasteiger partial charge in [-0.05, 0) is 19.4 Å². The lowest BCUT2D eigenvalue weighted by Crippen LogP contribution is -2.49. The highest BCUT2D eigenvalue weighted by Crippen LogP contribution is 2.51. The van der Waals surface area contributed by atoms with Gasteiger partial charge in [-0.1, -0.05) is 42.0 Å². The Hall–Kier alpha value is -2.66. The van der Waals surface area contributed by atoms with Crippen LogP contribution in [0.25, 0.3) is 5.57 Å². The number of alkyl halides is 3. The average molecular weight is 529 g/mol. The molecule has 4 rings (SSSR count). The van der Waals surface area contributed by atoms with E-state index in [-0.39, 0.29) is 35.8 Å². The van der Waals surface area contributed by atoms with Crippen LogP contribution in [-0.2, 0) is 16.0 Å². The number of carbonyl (C=O) groups excluding carboxylic acids is 1. The van der Waals surface area contributed by atoms with Gasteiger partial charge in [0.25, 0.3) is 0 Å². The van der Waals surface area contributed by atoms with E-state index < -0.39 is 58.0 Å². The van der Waals surface area contributed by atoms with E-state index >= 15 is 8.78 Å². The fraction of sp³-hybridized carbons (Fsp3) is 0.400. The molecule has 0 aromatic heterocycles. The predicted octanol–water partition coefficient (Wildman–Crippen LogP) is 3.75. The molecule has 1 heterocycles. The molecule has 1 aromatic carbocycles. The molecule has 0 bridgehead atoms. The lowest BCUT2D eigenvalue weighted by molar-refractivity contribution is -0.301. The van der Waals surface area contributed by atoms with Gasteiger partial charge in [0.1, 0.15) is 29.4 Å². The fourth-order valence-electron chi connectivity index (χ4n) is 4.95. The topological polar surface area (TPSA) is 108 Å². The van der Waals surface area contributed by atoms with Gasteiger partial charge in [0, 0.05) is 47.2 Å². The minimum Gasteiger partial charge on any atom is -0.485 e. The van der Waals surface area contributed by atoms with Crippen molar-refractivity contribution in [2.24, 2.45) is 17.4 Å². The van der Waals surface area contributed by atoms with Gasteiger partial charge < -0.3 is 26.0 Å². The van der Waals surface area contributed by atoms with Gasteiger partial charge in [-0.15, -0.1) is 0 Å². The third kappa shape index (κ3) is 4.36. The Balaban J connectivity index is 1.89. The van der Waals surface area contributed by atoms with Crippen LogP contribution in [0.5, 0.6) is 5.75 Å². The number of aliphatic hydroxyl groups excluding tert-OH is 1. The van der Waals surface area contributed by atoms with Crippen molar-refractivity contribution in [1.82, 2.24) is 0 Å². The van der Waals surface area contributed by atoms with Gasteiger partial charge in [0.2, 0.25) is 5.91 Å². The molecule has 1 amide bonds. The number of aliphatic hydroxyl groups is 1. The van der Waals surface area contributed by atoms with Gasteiger partial charge >= 0.3 is 6.11 Å². The van der Waals surface area contributed by atoms with Crippen molar-refractivity contribution in [3.8, 4) is 5.75 Å². The van der Waals surface area contributed by atoms with Crippen LogP contribution >= 0.6 is 11.6 Å². The minimum atomic E-state index is -4.11. The van der Waals surface area contributed by atoms with Crippen LogP contribution in [0.1, 0.15) is 24.5 Å². The maximum Gasteiger partial charge on any atom is 0.379 e. The molecular formula is C25H25ClF4N2O4. The Morgan fingerprint density at radius 2 is 2.11 bits per heavy atom. The molecule has 0 spiro atoms. The number of hydrogen-bond donors (Lipinski definition) is 3. The summed E-state index contributed by atoms with van der Waals surface area (Å²) in [5, 5.41) is 8.41. The highest BCUT2D eigenvalue weighted by Gasteiger charge is 2.51. The van der Waals surface area contributed by atoms with E-state index in [1.54, 1.807) is 0 Å². The zero-order chi connectivity index (χ0) is 26.5. The van der Waals surface area contributed by atoms with Crippen LogP contribution in [-0.4, -0.2) is 47.6 Å². The Bertz CT molecular complexity index is 1210. The molecule has 1 aliphatic heterocycles. The Kier molecular flexibility index (Phi) is 6.85. The molecule has 1 aromatic rings. The van der Waals surface area contributed by atoms with Crippen molar-refractivity contribution in [1.29, 1.82) is 0 Å². The van der Waals surface area contributed by atoms with Crippen LogP contribution in [0.15, 0.2) is 48.1 Å². The molecule has 0 radical (unpaired) electrons. The number of nitrogens with two attached hydrogens (primary N) is 2. The molecule has 3 unspecified atom stereocenters. The molecule has 0 saturated carbocycles. The summed E-state index contributed by atoms with van der Waals surface area (Å²) in [5.41, 5.74) is 7.33. The summed E-state index contributed by atoms with van der Waals surface area (Å²) in [5.74, 6) is -2.22. The van der Waals surface area contributed by atoms with E-state index in [0.29, 0.717) is 6.42 Å². The van der Waals surface area contributed by atoms with Gasteiger partial charge in [-0.2, -0.15) is 8.78 Å². The Labute approximate surface area is 209 Å². The van der Waals surface area contributed by atoms with Crippen molar-refractivity contribution < 1.29 is 36.9 Å². The lowest BCUT2D eigenvalue weighted by Gasteiger charge is -2.37. The van der Waals surface area contributed by atoms with Gasteiger partial charge in [0.05, 0.1) is 5.02 Å². The summed E-state index contributed by atoms with van der Waals surface area (Å²) in [6.45, 7) is -0.687. The van der Waals surface area contributed by atoms with Crippen LogP contribution < -0.4 is 16.2 Å². The van der Waals surface area contributed by atoms with E-state index in [9.17, 15) is 13.6 Å². The Morgan fingerprint density at radius 3 is 2.69 bits per heavy atom. The summed E-state index contributed by atoms with van der Waals surface area (Å²) < 4.78 is 69.8. The monoisotopic (exact) mass is 528 g/mol. The average Bonchev–Trinajstić information content (AvgIpc) is 3.21. The van der Waals surface area contributed by atoms with E-state index in [4.69, 9.17) is 32.9 Å². The fourth-order valence-corrected chi connectivity index (χ4v) is 5.22. The summed E-state index contributed by atoms with van der Waals surface area (Å²) in [6, 6.07) is 1.05. The number of hydrogen-bond acceptors (Lipinski definition) is 5. The molecule has 11 heteroatoms. The number of halogens is 5. The second-order valence-corrected chi connectivity index (χ2v) is 9.57. The van der Waals surface area contributed by atoms with Gasteiger partial charge in [-0.3, -0.25) is 4.79 Å². The van der Waals surface area contributed by atoms with E-state index in [2.05, 4.69) is 4.74 Å².